The lowest BCUT2D eigenvalue weighted by Crippen LogP contribution is -2.52. The van der Waals surface area contributed by atoms with Gasteiger partial charge in [0.15, 0.2) is 11.6 Å². The smallest absolute Gasteiger partial charge is 0.319 e. The van der Waals surface area contributed by atoms with Crippen molar-refractivity contribution < 1.29 is 27.6 Å². The van der Waals surface area contributed by atoms with E-state index >= 15 is 4.39 Å². The number of hydrogen-bond donors (Lipinski definition) is 1. The van der Waals surface area contributed by atoms with Crippen LogP contribution in [0.2, 0.25) is 0 Å². The molecular formula is C40H40F3N9O3. The molecule has 9 rings (SSSR count). The van der Waals surface area contributed by atoms with Crippen LogP contribution in [0.25, 0.3) is 32.9 Å². The van der Waals surface area contributed by atoms with Crippen LogP contribution in [0.4, 0.5) is 24.8 Å². The molecule has 0 radical (unpaired) electrons. The van der Waals surface area contributed by atoms with Crippen LogP contribution in [0.5, 0.6) is 0 Å². The van der Waals surface area contributed by atoms with E-state index < -0.39 is 24.3 Å². The Hall–Kier alpha value is -5.57. The minimum absolute atomic E-state index is 0.216. The third-order valence-electron chi connectivity index (χ3n) is 11.8. The van der Waals surface area contributed by atoms with Gasteiger partial charge < -0.3 is 14.7 Å². The number of carbonyl (C=O) groups is 3. The van der Waals surface area contributed by atoms with E-state index in [4.69, 9.17) is 4.98 Å². The normalized spacial score (nSPS) is 20.0. The van der Waals surface area contributed by atoms with Crippen LogP contribution < -0.4 is 15.1 Å². The topological polar surface area (TPSA) is 120 Å². The van der Waals surface area contributed by atoms with Crippen molar-refractivity contribution in [2.75, 3.05) is 55.6 Å². The van der Waals surface area contributed by atoms with Gasteiger partial charge in [-0.15, -0.1) is 0 Å². The number of nitrogens with zero attached hydrogens (tertiary/aromatic N) is 8. The molecule has 3 fully saturated rings. The predicted octanol–water partition coefficient (Wildman–Crippen LogP) is 5.37. The van der Waals surface area contributed by atoms with E-state index in [2.05, 4.69) is 25.1 Å². The number of anilines is 2. The van der Waals surface area contributed by atoms with Crippen molar-refractivity contribution in [3.63, 3.8) is 0 Å². The second-order valence-corrected chi connectivity index (χ2v) is 14.9. The molecule has 4 aliphatic rings. The molecule has 55 heavy (non-hydrogen) atoms. The summed E-state index contributed by atoms with van der Waals surface area (Å²) in [6.07, 6.45) is 8.19. The highest BCUT2D eigenvalue weighted by Crippen LogP contribution is 2.36. The van der Waals surface area contributed by atoms with Crippen molar-refractivity contribution in [3.05, 3.63) is 78.1 Å². The van der Waals surface area contributed by atoms with Gasteiger partial charge in [0, 0.05) is 80.6 Å². The van der Waals surface area contributed by atoms with E-state index in [-0.39, 0.29) is 24.8 Å². The standard InChI is InChI=1S/C40H40F3N9O3/c41-30-19-26(25-1-2-27-29-22-44-11-7-32(29)52(40(42)43)34(27)20-25)21-45-37(30)50-13-9-24(10-14-50)8-12-48-15-17-49(18-16-48)35-5-3-28-31(46-35)23-51(39(28)55)33-4-6-36(53)47-38(33)54/h1-3,5,7,11,19-22,24,33,40H,4,6,8-10,12-18,23H2,(H,47,53,54). The number of benzene rings is 1. The molecule has 1 aromatic carbocycles. The number of hydrogen-bond acceptors (Lipinski definition) is 9. The molecule has 1 N–H and O–H groups in total. The summed E-state index contributed by atoms with van der Waals surface area (Å²) in [4.78, 5) is 58.7. The van der Waals surface area contributed by atoms with Crippen LogP contribution in [-0.2, 0) is 16.1 Å². The SMILES string of the molecule is O=C1CCC(N2Cc3nc(N4CCN(CCC5CCN(c6ncc(-c7ccc8c9cnccc9n(C(F)F)c8c7)cc6F)CC5)CC4)ccc3C2=O)C(=O)N1. The van der Waals surface area contributed by atoms with Crippen molar-refractivity contribution >= 4 is 51.2 Å². The molecule has 1 atom stereocenters. The fraction of sp³-hybridized carbons (Fsp3) is 0.400. The Labute approximate surface area is 314 Å². The lowest BCUT2D eigenvalue weighted by Gasteiger charge is -2.37. The number of rotatable bonds is 8. The van der Waals surface area contributed by atoms with Crippen LogP contribution in [0.15, 0.2) is 61.1 Å². The quantitative estimate of drug-likeness (QED) is 0.209. The summed E-state index contributed by atoms with van der Waals surface area (Å²) >= 11 is 0. The fourth-order valence-electron chi connectivity index (χ4n) is 8.70. The molecule has 284 valence electrons. The van der Waals surface area contributed by atoms with Crippen LogP contribution in [0.3, 0.4) is 0 Å². The summed E-state index contributed by atoms with van der Waals surface area (Å²) in [6.45, 7) is 3.36. The Kier molecular flexibility index (Phi) is 9.11. The van der Waals surface area contributed by atoms with Gasteiger partial charge in [-0.1, -0.05) is 12.1 Å². The number of nitrogens with one attached hydrogen (secondary N) is 1. The zero-order chi connectivity index (χ0) is 37.8. The van der Waals surface area contributed by atoms with Gasteiger partial charge in [0.05, 0.1) is 28.8 Å². The van der Waals surface area contributed by atoms with Gasteiger partial charge in [-0.2, -0.15) is 8.78 Å². The zero-order valence-electron chi connectivity index (χ0n) is 30.1. The molecule has 5 aromatic rings. The van der Waals surface area contributed by atoms with Gasteiger partial charge in [0.2, 0.25) is 11.8 Å². The van der Waals surface area contributed by atoms with E-state index in [1.54, 1.807) is 42.7 Å². The Morgan fingerprint density at radius 3 is 2.42 bits per heavy atom. The second-order valence-electron chi connectivity index (χ2n) is 14.9. The summed E-state index contributed by atoms with van der Waals surface area (Å²) in [6, 6.07) is 11.3. The van der Waals surface area contributed by atoms with Gasteiger partial charge in [-0.25, -0.2) is 14.4 Å². The number of aromatic nitrogens is 4. The number of piperidine rings is 2. The minimum Gasteiger partial charge on any atom is -0.354 e. The third-order valence-corrected chi connectivity index (χ3v) is 11.8. The predicted molar refractivity (Wildman–Crippen MR) is 200 cm³/mol. The van der Waals surface area contributed by atoms with E-state index in [1.807, 2.05) is 11.0 Å². The molecule has 4 aromatic heterocycles. The summed E-state index contributed by atoms with van der Waals surface area (Å²) in [5.74, 6) is 0.294. The summed E-state index contributed by atoms with van der Waals surface area (Å²) in [5, 5.41) is 3.64. The first-order valence-electron chi connectivity index (χ1n) is 18.9. The molecule has 15 heteroatoms. The van der Waals surface area contributed by atoms with E-state index in [1.165, 1.54) is 17.2 Å². The lowest BCUT2D eigenvalue weighted by molar-refractivity contribution is -0.136. The average Bonchev–Trinajstić information content (AvgIpc) is 3.71. The largest absolute Gasteiger partial charge is 0.354 e. The number of alkyl halides is 2. The molecule has 0 aliphatic carbocycles. The highest BCUT2D eigenvalue weighted by Gasteiger charge is 2.40. The van der Waals surface area contributed by atoms with Gasteiger partial charge in [-0.05, 0) is 74.0 Å². The van der Waals surface area contributed by atoms with Crippen molar-refractivity contribution in [3.8, 4) is 11.1 Å². The number of imide groups is 1. The molecule has 3 amide bonds. The van der Waals surface area contributed by atoms with Gasteiger partial charge in [0.1, 0.15) is 11.9 Å². The number of pyridine rings is 3. The molecule has 4 aliphatic heterocycles. The molecule has 8 heterocycles. The maximum Gasteiger partial charge on any atom is 0.319 e. The van der Waals surface area contributed by atoms with E-state index in [0.29, 0.717) is 75.4 Å². The van der Waals surface area contributed by atoms with Crippen LogP contribution in [0, 0.1) is 11.7 Å². The highest BCUT2D eigenvalue weighted by molar-refractivity contribution is 6.09. The Morgan fingerprint density at radius 2 is 1.65 bits per heavy atom. The third kappa shape index (κ3) is 6.53. The van der Waals surface area contributed by atoms with Gasteiger partial charge in [-0.3, -0.25) is 34.2 Å². The number of halogens is 3. The number of carbonyl (C=O) groups excluding carboxylic acids is 3. The average molecular weight is 752 g/mol. The Balaban J connectivity index is 0.763. The van der Waals surface area contributed by atoms with Crippen molar-refractivity contribution in [2.45, 2.75) is 51.2 Å². The zero-order valence-corrected chi connectivity index (χ0v) is 30.1. The maximum absolute atomic E-state index is 15.6. The first-order valence-corrected chi connectivity index (χ1v) is 18.9. The Morgan fingerprint density at radius 1 is 0.836 bits per heavy atom. The first kappa shape index (κ1) is 35.2. The van der Waals surface area contributed by atoms with Crippen LogP contribution in [0.1, 0.15) is 54.7 Å². The minimum atomic E-state index is -2.74. The number of amides is 3. The van der Waals surface area contributed by atoms with Gasteiger partial charge >= 0.3 is 6.55 Å². The summed E-state index contributed by atoms with van der Waals surface area (Å²) in [5.41, 5.74) is 3.08. The second kappa shape index (κ2) is 14.3. The molecule has 0 saturated carbocycles. The van der Waals surface area contributed by atoms with Gasteiger partial charge in [0.25, 0.3) is 5.91 Å². The lowest BCUT2D eigenvalue weighted by atomic mass is 9.93. The van der Waals surface area contributed by atoms with Crippen molar-refractivity contribution in [2.24, 2.45) is 5.92 Å². The van der Waals surface area contributed by atoms with Crippen LogP contribution in [-0.4, -0.2) is 98.9 Å². The maximum atomic E-state index is 15.6. The molecule has 0 spiro atoms. The highest BCUT2D eigenvalue weighted by atomic mass is 19.3. The molecule has 1 unspecified atom stereocenters. The first-order chi connectivity index (χ1) is 26.7. The molecule has 3 saturated heterocycles. The molecule has 0 bridgehead atoms. The monoisotopic (exact) mass is 751 g/mol. The van der Waals surface area contributed by atoms with Crippen LogP contribution >= 0.6 is 0 Å². The summed E-state index contributed by atoms with van der Waals surface area (Å²) < 4.78 is 44.8. The van der Waals surface area contributed by atoms with E-state index in [0.717, 1.165) is 62.4 Å². The summed E-state index contributed by atoms with van der Waals surface area (Å²) in [7, 11) is 0. The van der Waals surface area contributed by atoms with E-state index in [9.17, 15) is 23.2 Å². The number of piperazine rings is 1. The van der Waals surface area contributed by atoms with Crippen molar-refractivity contribution in [1.82, 2.24) is 34.6 Å². The fourth-order valence-corrected chi connectivity index (χ4v) is 8.70. The molecule has 12 nitrogen and oxygen atoms in total. The number of fused-ring (bicyclic) bond motifs is 4. The van der Waals surface area contributed by atoms with Crippen molar-refractivity contribution in [1.29, 1.82) is 0 Å². The Bertz CT molecular complexity index is 2320. The molecular weight excluding hydrogens is 711 g/mol.